The van der Waals surface area contributed by atoms with Crippen LogP contribution in [0, 0.1) is 0 Å². The Kier molecular flexibility index (Phi) is 3.35. The molecule has 2 aromatic carbocycles. The van der Waals surface area contributed by atoms with Crippen molar-refractivity contribution in [3.8, 4) is 11.5 Å². The number of anilines is 1. The van der Waals surface area contributed by atoms with Crippen LogP contribution in [-0.4, -0.2) is 24.1 Å². The average molecular weight is 329 g/mol. The largest absolute Gasteiger partial charge is 0.486 e. The lowest BCUT2D eigenvalue weighted by molar-refractivity contribution is 0.102. The maximum atomic E-state index is 12.4. The number of halogens is 1. The van der Waals surface area contributed by atoms with Crippen LogP contribution in [0.25, 0.3) is 10.9 Å². The second-order valence-corrected chi connectivity index (χ2v) is 5.66. The molecule has 0 radical (unpaired) electrons. The number of aromatic amines is 1. The summed E-state index contributed by atoms with van der Waals surface area (Å²) < 4.78 is 11.0. The van der Waals surface area contributed by atoms with Crippen LogP contribution in [0.2, 0.25) is 5.02 Å². The zero-order valence-electron chi connectivity index (χ0n) is 12.1. The highest BCUT2D eigenvalue weighted by Gasteiger charge is 2.14. The van der Waals surface area contributed by atoms with Gasteiger partial charge in [-0.2, -0.15) is 0 Å². The molecule has 5 nitrogen and oxygen atoms in total. The van der Waals surface area contributed by atoms with Crippen LogP contribution >= 0.6 is 11.6 Å². The van der Waals surface area contributed by atoms with E-state index in [0.717, 1.165) is 10.9 Å². The van der Waals surface area contributed by atoms with E-state index in [4.69, 9.17) is 21.1 Å². The standard InChI is InChI=1S/C17H13ClN2O3/c18-11-2-1-10-7-14(20-13(10)8-11)17(21)19-12-3-4-15-16(9-12)23-6-5-22-15/h1-4,7-9,20H,5-6H2,(H,19,21). The molecule has 1 aromatic heterocycles. The first-order valence-electron chi connectivity index (χ1n) is 7.18. The maximum Gasteiger partial charge on any atom is 0.272 e. The first-order valence-corrected chi connectivity index (χ1v) is 7.56. The van der Waals surface area contributed by atoms with Crippen LogP contribution in [0.3, 0.4) is 0 Å². The monoisotopic (exact) mass is 328 g/mol. The van der Waals surface area contributed by atoms with Crippen molar-refractivity contribution in [2.24, 2.45) is 0 Å². The van der Waals surface area contributed by atoms with Gasteiger partial charge in [-0.1, -0.05) is 17.7 Å². The lowest BCUT2D eigenvalue weighted by Gasteiger charge is -2.18. The van der Waals surface area contributed by atoms with Crippen molar-refractivity contribution in [1.82, 2.24) is 4.98 Å². The molecule has 3 aromatic rings. The quantitative estimate of drug-likeness (QED) is 0.751. The van der Waals surface area contributed by atoms with Gasteiger partial charge in [0.05, 0.1) is 0 Å². The summed E-state index contributed by atoms with van der Waals surface area (Å²) in [6.07, 6.45) is 0. The zero-order valence-corrected chi connectivity index (χ0v) is 12.8. The van der Waals surface area contributed by atoms with Gasteiger partial charge in [-0.3, -0.25) is 4.79 Å². The molecule has 23 heavy (non-hydrogen) atoms. The van der Waals surface area contributed by atoms with Gasteiger partial charge in [-0.25, -0.2) is 0 Å². The number of amides is 1. The van der Waals surface area contributed by atoms with E-state index in [9.17, 15) is 4.79 Å². The van der Waals surface area contributed by atoms with E-state index < -0.39 is 0 Å². The third-order valence-corrected chi connectivity index (χ3v) is 3.86. The zero-order chi connectivity index (χ0) is 15.8. The van der Waals surface area contributed by atoms with E-state index in [1.54, 1.807) is 36.4 Å². The molecule has 116 valence electrons. The number of H-pyrrole nitrogens is 1. The van der Waals surface area contributed by atoms with Crippen molar-refractivity contribution < 1.29 is 14.3 Å². The van der Waals surface area contributed by atoms with Crippen molar-refractivity contribution in [2.45, 2.75) is 0 Å². The number of fused-ring (bicyclic) bond motifs is 2. The average Bonchev–Trinajstić information content (AvgIpc) is 2.98. The molecule has 0 spiro atoms. The molecule has 6 heteroatoms. The first-order chi connectivity index (χ1) is 11.2. The van der Waals surface area contributed by atoms with Gasteiger partial charge in [0.2, 0.25) is 0 Å². The number of carbonyl (C=O) groups is 1. The van der Waals surface area contributed by atoms with Crippen LogP contribution in [0.4, 0.5) is 5.69 Å². The van der Waals surface area contributed by atoms with Crippen LogP contribution < -0.4 is 14.8 Å². The predicted molar refractivity (Wildman–Crippen MR) is 88.7 cm³/mol. The maximum absolute atomic E-state index is 12.4. The van der Waals surface area contributed by atoms with E-state index >= 15 is 0 Å². The van der Waals surface area contributed by atoms with Crippen LogP contribution in [0.5, 0.6) is 11.5 Å². The molecule has 0 saturated carbocycles. The molecule has 1 aliphatic rings. The van der Waals surface area contributed by atoms with Gasteiger partial charge in [0.15, 0.2) is 11.5 Å². The molecule has 1 amide bonds. The third kappa shape index (κ3) is 2.71. The smallest absolute Gasteiger partial charge is 0.272 e. The SMILES string of the molecule is O=C(Nc1ccc2c(c1)OCCO2)c1cc2ccc(Cl)cc2[nH]1. The van der Waals surface area contributed by atoms with Gasteiger partial charge >= 0.3 is 0 Å². The highest BCUT2D eigenvalue weighted by Crippen LogP contribution is 2.32. The Balaban J connectivity index is 1.59. The predicted octanol–water partition coefficient (Wildman–Crippen LogP) is 3.84. The summed E-state index contributed by atoms with van der Waals surface area (Å²) in [6, 6.07) is 12.6. The number of hydrogen-bond donors (Lipinski definition) is 2. The topological polar surface area (TPSA) is 63.4 Å². The van der Waals surface area contributed by atoms with E-state index in [0.29, 0.717) is 41.1 Å². The van der Waals surface area contributed by atoms with Crippen molar-refractivity contribution >= 4 is 34.1 Å². The summed E-state index contributed by atoms with van der Waals surface area (Å²) in [5.41, 5.74) is 1.94. The minimum atomic E-state index is -0.228. The fraction of sp³-hybridized carbons (Fsp3) is 0.118. The normalized spacial score (nSPS) is 13.1. The van der Waals surface area contributed by atoms with Crippen LogP contribution in [-0.2, 0) is 0 Å². The Morgan fingerprint density at radius 1 is 1.04 bits per heavy atom. The van der Waals surface area contributed by atoms with Gasteiger partial charge in [0, 0.05) is 27.7 Å². The summed E-state index contributed by atoms with van der Waals surface area (Å²) >= 11 is 5.96. The fourth-order valence-electron chi connectivity index (χ4n) is 2.54. The van der Waals surface area contributed by atoms with E-state index in [1.807, 2.05) is 6.07 Å². The fourth-order valence-corrected chi connectivity index (χ4v) is 2.71. The number of nitrogens with one attached hydrogen (secondary N) is 2. The summed E-state index contributed by atoms with van der Waals surface area (Å²) in [4.78, 5) is 15.5. The molecular weight excluding hydrogens is 316 g/mol. The summed E-state index contributed by atoms with van der Waals surface area (Å²) in [6.45, 7) is 1.05. The lowest BCUT2D eigenvalue weighted by atomic mass is 10.2. The van der Waals surface area contributed by atoms with Gasteiger partial charge < -0.3 is 19.8 Å². The number of hydrogen-bond acceptors (Lipinski definition) is 3. The number of rotatable bonds is 2. The first kappa shape index (κ1) is 14.0. The minimum absolute atomic E-state index is 0.228. The van der Waals surface area contributed by atoms with E-state index in [1.165, 1.54) is 0 Å². The number of carbonyl (C=O) groups excluding carboxylic acids is 1. The Labute approximate surface area is 137 Å². The molecule has 0 bridgehead atoms. The number of ether oxygens (including phenoxy) is 2. The summed E-state index contributed by atoms with van der Waals surface area (Å²) in [5.74, 6) is 1.10. The molecule has 2 heterocycles. The summed E-state index contributed by atoms with van der Waals surface area (Å²) in [5, 5.41) is 4.40. The van der Waals surface area contributed by atoms with Crippen LogP contribution in [0.1, 0.15) is 10.5 Å². The molecule has 0 aliphatic carbocycles. The lowest BCUT2D eigenvalue weighted by Crippen LogP contribution is -2.16. The molecule has 4 rings (SSSR count). The Morgan fingerprint density at radius 3 is 2.74 bits per heavy atom. The molecule has 0 unspecified atom stereocenters. The van der Waals surface area contributed by atoms with Crippen LogP contribution in [0.15, 0.2) is 42.5 Å². The van der Waals surface area contributed by atoms with Crippen molar-refractivity contribution in [3.05, 3.63) is 53.2 Å². The molecule has 1 aliphatic heterocycles. The second kappa shape index (κ2) is 5.52. The summed E-state index contributed by atoms with van der Waals surface area (Å²) in [7, 11) is 0. The van der Waals surface area contributed by atoms with Gasteiger partial charge in [0.25, 0.3) is 5.91 Å². The highest BCUT2D eigenvalue weighted by molar-refractivity contribution is 6.31. The molecule has 0 fully saturated rings. The second-order valence-electron chi connectivity index (χ2n) is 5.23. The Hall–Kier alpha value is -2.66. The van der Waals surface area contributed by atoms with E-state index in [-0.39, 0.29) is 5.91 Å². The van der Waals surface area contributed by atoms with Crippen molar-refractivity contribution in [1.29, 1.82) is 0 Å². The Bertz CT molecular complexity index is 904. The molecular formula is C17H13ClN2O3. The number of benzene rings is 2. The van der Waals surface area contributed by atoms with Gasteiger partial charge in [0.1, 0.15) is 18.9 Å². The highest BCUT2D eigenvalue weighted by atomic mass is 35.5. The van der Waals surface area contributed by atoms with E-state index in [2.05, 4.69) is 10.3 Å². The molecule has 0 atom stereocenters. The molecule has 0 saturated heterocycles. The van der Waals surface area contributed by atoms with Crippen molar-refractivity contribution in [2.75, 3.05) is 18.5 Å². The molecule has 2 N–H and O–H groups in total. The third-order valence-electron chi connectivity index (χ3n) is 3.63. The number of aromatic nitrogens is 1. The minimum Gasteiger partial charge on any atom is -0.486 e. The Morgan fingerprint density at radius 2 is 1.87 bits per heavy atom. The van der Waals surface area contributed by atoms with Crippen molar-refractivity contribution in [3.63, 3.8) is 0 Å². The van der Waals surface area contributed by atoms with Gasteiger partial charge in [-0.15, -0.1) is 0 Å². The van der Waals surface area contributed by atoms with Gasteiger partial charge in [-0.05, 0) is 30.3 Å².